The number of aryl methyl sites for hydroxylation is 1. The third-order valence-corrected chi connectivity index (χ3v) is 2.22. The van der Waals surface area contributed by atoms with E-state index in [0.29, 0.717) is 0 Å². The molecule has 0 unspecified atom stereocenters. The Kier molecular flexibility index (Phi) is 4.22. The van der Waals surface area contributed by atoms with Crippen molar-refractivity contribution in [2.24, 2.45) is 0 Å². The van der Waals surface area contributed by atoms with E-state index >= 15 is 0 Å². The Labute approximate surface area is 92.0 Å². The molecule has 82 valence electrons. The predicted molar refractivity (Wildman–Crippen MR) is 65.7 cm³/mol. The molecule has 1 rings (SSSR count). The van der Waals surface area contributed by atoms with Crippen LogP contribution < -0.4 is 10.1 Å². The van der Waals surface area contributed by atoms with Crippen molar-refractivity contribution in [3.8, 4) is 5.75 Å². The molecule has 1 N–H and O–H groups in total. The minimum absolute atomic E-state index is 0.891. The van der Waals surface area contributed by atoms with E-state index in [1.807, 2.05) is 19.1 Å². The molecule has 0 aliphatic heterocycles. The van der Waals surface area contributed by atoms with Crippen LogP contribution in [0.4, 0.5) is 5.69 Å². The maximum Gasteiger partial charge on any atom is 0.141 e. The summed E-state index contributed by atoms with van der Waals surface area (Å²) in [6.45, 7) is 8.88. The van der Waals surface area contributed by atoms with Crippen LogP contribution in [-0.2, 0) is 0 Å². The van der Waals surface area contributed by atoms with E-state index in [1.54, 1.807) is 7.11 Å². The van der Waals surface area contributed by atoms with Crippen molar-refractivity contribution in [3.63, 3.8) is 0 Å². The van der Waals surface area contributed by atoms with Gasteiger partial charge in [0.25, 0.3) is 0 Å². The van der Waals surface area contributed by atoms with Gasteiger partial charge in [-0.15, -0.1) is 6.58 Å². The number of rotatable bonds is 5. The van der Waals surface area contributed by atoms with Crippen molar-refractivity contribution < 1.29 is 4.74 Å². The zero-order valence-corrected chi connectivity index (χ0v) is 9.76. The second-order valence-corrected chi connectivity index (χ2v) is 3.84. The van der Waals surface area contributed by atoms with Crippen LogP contribution in [-0.4, -0.2) is 13.7 Å². The Morgan fingerprint density at radius 3 is 2.80 bits per heavy atom. The van der Waals surface area contributed by atoms with Crippen LogP contribution in [0, 0.1) is 6.92 Å². The lowest BCUT2D eigenvalue weighted by atomic mass is 10.2. The number of hydrogen-bond acceptors (Lipinski definition) is 2. The molecule has 0 radical (unpaired) electrons. The molecule has 1 aromatic carbocycles. The van der Waals surface area contributed by atoms with Gasteiger partial charge >= 0.3 is 0 Å². The fourth-order valence-electron chi connectivity index (χ4n) is 1.37. The number of anilines is 1. The van der Waals surface area contributed by atoms with Crippen LogP contribution in [0.2, 0.25) is 0 Å². The molecule has 0 aliphatic carbocycles. The van der Waals surface area contributed by atoms with Crippen LogP contribution in [0.15, 0.2) is 30.4 Å². The van der Waals surface area contributed by atoms with Crippen LogP contribution in [0.25, 0.3) is 0 Å². The summed E-state index contributed by atoms with van der Waals surface area (Å²) in [6.07, 6.45) is 0.983. The lowest BCUT2D eigenvalue weighted by molar-refractivity contribution is 0.416. The highest BCUT2D eigenvalue weighted by Crippen LogP contribution is 2.25. The molecule has 0 heterocycles. The molecule has 0 amide bonds. The lowest BCUT2D eigenvalue weighted by Crippen LogP contribution is -2.03. The highest BCUT2D eigenvalue weighted by molar-refractivity contribution is 5.57. The van der Waals surface area contributed by atoms with Gasteiger partial charge in [-0.05, 0) is 38.0 Å². The van der Waals surface area contributed by atoms with Crippen molar-refractivity contribution in [3.05, 3.63) is 35.9 Å². The lowest BCUT2D eigenvalue weighted by Gasteiger charge is -2.11. The molecule has 0 aromatic heterocycles. The van der Waals surface area contributed by atoms with Gasteiger partial charge in [-0.25, -0.2) is 0 Å². The van der Waals surface area contributed by atoms with Gasteiger partial charge in [0.05, 0.1) is 12.8 Å². The first kappa shape index (κ1) is 11.6. The summed E-state index contributed by atoms with van der Waals surface area (Å²) in [5, 5.41) is 3.35. The quantitative estimate of drug-likeness (QED) is 0.744. The predicted octanol–water partition coefficient (Wildman–Crippen LogP) is 3.38. The molecular formula is C13H19NO. The summed E-state index contributed by atoms with van der Waals surface area (Å²) in [6, 6.07) is 6.12. The normalized spacial score (nSPS) is 9.80. The van der Waals surface area contributed by atoms with Gasteiger partial charge in [-0.3, -0.25) is 0 Å². The molecule has 0 spiro atoms. The van der Waals surface area contributed by atoms with Crippen LogP contribution >= 0.6 is 0 Å². The zero-order chi connectivity index (χ0) is 11.3. The summed E-state index contributed by atoms with van der Waals surface area (Å²) in [4.78, 5) is 0. The molecule has 2 nitrogen and oxygen atoms in total. The smallest absolute Gasteiger partial charge is 0.141 e. The molecule has 0 atom stereocenters. The van der Waals surface area contributed by atoms with Crippen molar-refractivity contribution >= 4 is 5.69 Å². The molecule has 0 bridgehead atoms. The Bertz CT molecular complexity index is 344. The monoisotopic (exact) mass is 205 g/mol. The van der Waals surface area contributed by atoms with Gasteiger partial charge in [0, 0.05) is 6.54 Å². The highest BCUT2D eigenvalue weighted by Gasteiger charge is 2.01. The Balaban J connectivity index is 2.65. The number of methoxy groups -OCH3 is 1. The van der Waals surface area contributed by atoms with Crippen LogP contribution in [0.5, 0.6) is 5.75 Å². The van der Waals surface area contributed by atoms with E-state index in [1.165, 1.54) is 11.1 Å². The molecular weight excluding hydrogens is 186 g/mol. The van der Waals surface area contributed by atoms with Crippen molar-refractivity contribution in [1.29, 1.82) is 0 Å². The van der Waals surface area contributed by atoms with E-state index in [9.17, 15) is 0 Å². The van der Waals surface area contributed by atoms with Crippen molar-refractivity contribution in [1.82, 2.24) is 0 Å². The Morgan fingerprint density at radius 2 is 2.20 bits per heavy atom. The average molecular weight is 205 g/mol. The topological polar surface area (TPSA) is 21.3 Å². The molecule has 0 saturated heterocycles. The maximum atomic E-state index is 5.27. The average Bonchev–Trinajstić information content (AvgIpc) is 2.17. The summed E-state index contributed by atoms with van der Waals surface area (Å²) >= 11 is 0. The van der Waals surface area contributed by atoms with Crippen LogP contribution in [0.3, 0.4) is 0 Å². The minimum atomic E-state index is 0.891. The third kappa shape index (κ3) is 3.66. The van der Waals surface area contributed by atoms with Gasteiger partial charge in [0.2, 0.25) is 0 Å². The summed E-state index contributed by atoms with van der Waals surface area (Å²) in [5.74, 6) is 0.891. The van der Waals surface area contributed by atoms with Crippen molar-refractivity contribution in [2.45, 2.75) is 20.3 Å². The first-order valence-corrected chi connectivity index (χ1v) is 5.16. The summed E-state index contributed by atoms with van der Waals surface area (Å²) in [7, 11) is 1.69. The van der Waals surface area contributed by atoms with Crippen molar-refractivity contribution in [2.75, 3.05) is 19.0 Å². The molecule has 0 aliphatic rings. The third-order valence-electron chi connectivity index (χ3n) is 2.22. The second-order valence-electron chi connectivity index (χ2n) is 3.84. The maximum absolute atomic E-state index is 5.27. The highest BCUT2D eigenvalue weighted by atomic mass is 16.5. The summed E-state index contributed by atoms with van der Waals surface area (Å²) in [5.41, 5.74) is 3.47. The standard InChI is InChI=1S/C13H19NO/c1-10(2)7-8-14-12-9-11(3)5-6-13(12)15-4/h5-6,9,14H,1,7-8H2,2-4H3. The Hall–Kier alpha value is -1.44. The summed E-state index contributed by atoms with van der Waals surface area (Å²) < 4.78 is 5.27. The van der Waals surface area contributed by atoms with E-state index in [2.05, 4.69) is 24.9 Å². The fraction of sp³-hybridized carbons (Fsp3) is 0.385. The zero-order valence-electron chi connectivity index (χ0n) is 9.76. The second kappa shape index (κ2) is 5.44. The van der Waals surface area contributed by atoms with Gasteiger partial charge in [-0.2, -0.15) is 0 Å². The molecule has 15 heavy (non-hydrogen) atoms. The first-order valence-electron chi connectivity index (χ1n) is 5.16. The number of nitrogens with one attached hydrogen (secondary N) is 1. The number of ether oxygens (including phenoxy) is 1. The molecule has 1 aromatic rings. The van der Waals surface area contributed by atoms with E-state index in [0.717, 1.165) is 24.4 Å². The fourth-order valence-corrected chi connectivity index (χ4v) is 1.37. The number of benzene rings is 1. The van der Waals surface area contributed by atoms with E-state index in [4.69, 9.17) is 4.74 Å². The van der Waals surface area contributed by atoms with E-state index < -0.39 is 0 Å². The van der Waals surface area contributed by atoms with Gasteiger partial charge in [-0.1, -0.05) is 11.6 Å². The Morgan fingerprint density at radius 1 is 1.47 bits per heavy atom. The largest absolute Gasteiger partial charge is 0.495 e. The number of hydrogen-bond donors (Lipinski definition) is 1. The molecule has 2 heteroatoms. The molecule has 0 saturated carbocycles. The van der Waals surface area contributed by atoms with Gasteiger partial charge < -0.3 is 10.1 Å². The van der Waals surface area contributed by atoms with Gasteiger partial charge in [0.15, 0.2) is 0 Å². The molecule has 0 fully saturated rings. The van der Waals surface area contributed by atoms with Gasteiger partial charge in [0.1, 0.15) is 5.75 Å². The van der Waals surface area contributed by atoms with Crippen LogP contribution in [0.1, 0.15) is 18.9 Å². The minimum Gasteiger partial charge on any atom is -0.495 e. The SMILES string of the molecule is C=C(C)CCNc1cc(C)ccc1OC. The first-order chi connectivity index (χ1) is 7.13. The van der Waals surface area contributed by atoms with E-state index in [-0.39, 0.29) is 0 Å².